The van der Waals surface area contributed by atoms with Gasteiger partial charge in [0.2, 0.25) is 0 Å². The van der Waals surface area contributed by atoms with Crippen LogP contribution >= 0.6 is 0 Å². The van der Waals surface area contributed by atoms with Gasteiger partial charge in [-0.15, -0.1) is 0 Å². The van der Waals surface area contributed by atoms with E-state index in [4.69, 9.17) is 9.84 Å². The third-order valence-corrected chi connectivity index (χ3v) is 2.49. The SMILES string of the molecule is COc1ccc(C(C)NC[C@H](O)CO)cc1. The summed E-state index contributed by atoms with van der Waals surface area (Å²) >= 11 is 0. The first-order chi connectivity index (χ1) is 7.67. The number of rotatable bonds is 6. The van der Waals surface area contributed by atoms with Gasteiger partial charge >= 0.3 is 0 Å². The third-order valence-electron chi connectivity index (χ3n) is 2.49. The normalized spacial score (nSPS) is 14.5. The Balaban J connectivity index is 2.49. The lowest BCUT2D eigenvalue weighted by atomic mass is 10.1. The van der Waals surface area contributed by atoms with Gasteiger partial charge in [0.05, 0.1) is 19.8 Å². The van der Waals surface area contributed by atoms with Crippen LogP contribution in [0.5, 0.6) is 5.75 Å². The van der Waals surface area contributed by atoms with Crippen LogP contribution in [0.1, 0.15) is 18.5 Å². The van der Waals surface area contributed by atoms with Gasteiger partial charge in [-0.25, -0.2) is 0 Å². The minimum absolute atomic E-state index is 0.132. The number of hydrogen-bond acceptors (Lipinski definition) is 4. The second-order valence-electron chi connectivity index (χ2n) is 3.74. The number of benzene rings is 1. The van der Waals surface area contributed by atoms with E-state index in [9.17, 15) is 5.11 Å². The van der Waals surface area contributed by atoms with Crippen molar-refractivity contribution in [3.63, 3.8) is 0 Å². The predicted molar refractivity (Wildman–Crippen MR) is 62.5 cm³/mol. The third kappa shape index (κ3) is 3.81. The fraction of sp³-hybridized carbons (Fsp3) is 0.500. The minimum Gasteiger partial charge on any atom is -0.497 e. The standard InChI is InChI=1S/C12H19NO3/c1-9(13-7-11(15)8-14)10-3-5-12(16-2)6-4-10/h3-6,9,11,13-15H,7-8H2,1-2H3/t9?,11-/m0/s1. The summed E-state index contributed by atoms with van der Waals surface area (Å²) in [4.78, 5) is 0. The first-order valence-corrected chi connectivity index (χ1v) is 5.33. The largest absolute Gasteiger partial charge is 0.497 e. The van der Waals surface area contributed by atoms with Crippen LogP contribution in [0, 0.1) is 0 Å². The van der Waals surface area contributed by atoms with Crippen LogP contribution in [0.15, 0.2) is 24.3 Å². The number of methoxy groups -OCH3 is 1. The Bertz CT molecular complexity index is 300. The van der Waals surface area contributed by atoms with Gasteiger partial charge in [-0.3, -0.25) is 0 Å². The fourth-order valence-electron chi connectivity index (χ4n) is 1.39. The van der Waals surface area contributed by atoms with Gasteiger partial charge in [0.15, 0.2) is 0 Å². The molecule has 1 unspecified atom stereocenters. The van der Waals surface area contributed by atoms with E-state index in [1.54, 1.807) is 7.11 Å². The topological polar surface area (TPSA) is 61.7 Å². The first-order valence-electron chi connectivity index (χ1n) is 5.33. The number of aliphatic hydroxyl groups excluding tert-OH is 2. The molecule has 4 nitrogen and oxygen atoms in total. The highest BCUT2D eigenvalue weighted by molar-refractivity contribution is 5.28. The lowest BCUT2D eigenvalue weighted by molar-refractivity contribution is 0.0924. The summed E-state index contributed by atoms with van der Waals surface area (Å²) < 4.78 is 5.07. The van der Waals surface area contributed by atoms with Crippen LogP contribution in [-0.4, -0.2) is 36.6 Å². The van der Waals surface area contributed by atoms with Crippen LogP contribution in [0.2, 0.25) is 0 Å². The maximum absolute atomic E-state index is 9.20. The number of hydrogen-bond donors (Lipinski definition) is 3. The molecule has 0 saturated carbocycles. The average molecular weight is 225 g/mol. The lowest BCUT2D eigenvalue weighted by Gasteiger charge is -2.16. The Morgan fingerprint density at radius 3 is 2.44 bits per heavy atom. The smallest absolute Gasteiger partial charge is 0.118 e. The molecule has 1 aromatic carbocycles. The van der Waals surface area contributed by atoms with Crippen LogP contribution < -0.4 is 10.1 Å². The van der Waals surface area contributed by atoms with E-state index in [0.717, 1.165) is 11.3 Å². The summed E-state index contributed by atoms with van der Waals surface area (Å²) in [6.45, 7) is 2.16. The van der Waals surface area contributed by atoms with Crippen molar-refractivity contribution < 1.29 is 14.9 Å². The van der Waals surface area contributed by atoms with Gasteiger partial charge in [0, 0.05) is 12.6 Å². The van der Waals surface area contributed by atoms with Gasteiger partial charge in [0.25, 0.3) is 0 Å². The molecule has 0 bridgehead atoms. The second-order valence-corrected chi connectivity index (χ2v) is 3.74. The highest BCUT2D eigenvalue weighted by atomic mass is 16.5. The molecule has 0 heterocycles. The van der Waals surface area contributed by atoms with Crippen molar-refractivity contribution in [3.8, 4) is 5.75 Å². The summed E-state index contributed by atoms with van der Waals surface area (Å²) in [5.41, 5.74) is 1.12. The molecule has 0 aliphatic rings. The van der Waals surface area contributed by atoms with E-state index in [0.29, 0.717) is 6.54 Å². The lowest BCUT2D eigenvalue weighted by Crippen LogP contribution is -2.31. The molecule has 0 amide bonds. The molecule has 2 atom stereocenters. The predicted octanol–water partition coefficient (Wildman–Crippen LogP) is 0.699. The summed E-state index contributed by atoms with van der Waals surface area (Å²) in [5, 5.41) is 21.0. The second kappa shape index (κ2) is 6.48. The van der Waals surface area contributed by atoms with Crippen molar-refractivity contribution in [1.29, 1.82) is 0 Å². The number of aliphatic hydroxyl groups is 2. The van der Waals surface area contributed by atoms with Gasteiger partial charge < -0.3 is 20.3 Å². The summed E-state index contributed by atoms with van der Waals surface area (Å²) in [6.07, 6.45) is -0.708. The Labute approximate surface area is 95.9 Å². The summed E-state index contributed by atoms with van der Waals surface area (Å²) in [6, 6.07) is 7.88. The Morgan fingerprint density at radius 2 is 1.94 bits per heavy atom. The summed E-state index contributed by atoms with van der Waals surface area (Å²) in [5.74, 6) is 0.825. The van der Waals surface area contributed by atoms with Crippen molar-refractivity contribution in [2.24, 2.45) is 0 Å². The number of ether oxygens (including phenoxy) is 1. The zero-order valence-electron chi connectivity index (χ0n) is 9.68. The van der Waals surface area contributed by atoms with E-state index in [-0.39, 0.29) is 12.6 Å². The van der Waals surface area contributed by atoms with Gasteiger partial charge in [-0.05, 0) is 24.6 Å². The first kappa shape index (κ1) is 13.0. The van der Waals surface area contributed by atoms with Crippen LogP contribution in [0.4, 0.5) is 0 Å². The van der Waals surface area contributed by atoms with Gasteiger partial charge in [-0.1, -0.05) is 12.1 Å². The minimum atomic E-state index is -0.708. The van der Waals surface area contributed by atoms with Crippen molar-refractivity contribution in [2.75, 3.05) is 20.3 Å². The molecule has 0 aliphatic carbocycles. The zero-order valence-corrected chi connectivity index (χ0v) is 9.68. The molecule has 4 heteroatoms. The maximum atomic E-state index is 9.20. The Hall–Kier alpha value is -1.10. The molecule has 0 spiro atoms. The quantitative estimate of drug-likeness (QED) is 0.667. The van der Waals surface area contributed by atoms with Crippen molar-refractivity contribution in [3.05, 3.63) is 29.8 Å². The number of nitrogens with one attached hydrogen (secondary N) is 1. The molecule has 0 fully saturated rings. The Kier molecular flexibility index (Phi) is 5.25. The van der Waals surface area contributed by atoms with E-state index < -0.39 is 6.10 Å². The molecule has 0 aliphatic heterocycles. The van der Waals surface area contributed by atoms with Crippen LogP contribution in [-0.2, 0) is 0 Å². The van der Waals surface area contributed by atoms with E-state index >= 15 is 0 Å². The molecule has 1 aromatic rings. The molecular formula is C12H19NO3. The molecule has 0 aromatic heterocycles. The van der Waals surface area contributed by atoms with Crippen molar-refractivity contribution in [2.45, 2.75) is 19.1 Å². The van der Waals surface area contributed by atoms with Crippen molar-refractivity contribution in [1.82, 2.24) is 5.32 Å². The molecule has 90 valence electrons. The molecule has 0 saturated heterocycles. The molecular weight excluding hydrogens is 206 g/mol. The van der Waals surface area contributed by atoms with Gasteiger partial charge in [0.1, 0.15) is 5.75 Å². The highest BCUT2D eigenvalue weighted by Crippen LogP contribution is 2.16. The summed E-state index contributed by atoms with van der Waals surface area (Å²) in [7, 11) is 1.63. The fourth-order valence-corrected chi connectivity index (χ4v) is 1.39. The van der Waals surface area contributed by atoms with E-state index in [1.807, 2.05) is 31.2 Å². The highest BCUT2D eigenvalue weighted by Gasteiger charge is 2.07. The monoisotopic (exact) mass is 225 g/mol. The zero-order chi connectivity index (χ0) is 12.0. The maximum Gasteiger partial charge on any atom is 0.118 e. The van der Waals surface area contributed by atoms with Crippen LogP contribution in [0.25, 0.3) is 0 Å². The van der Waals surface area contributed by atoms with E-state index in [1.165, 1.54) is 0 Å². The van der Waals surface area contributed by atoms with Gasteiger partial charge in [-0.2, -0.15) is 0 Å². The van der Waals surface area contributed by atoms with E-state index in [2.05, 4.69) is 5.32 Å². The molecule has 16 heavy (non-hydrogen) atoms. The molecule has 3 N–H and O–H groups in total. The molecule has 1 rings (SSSR count). The Morgan fingerprint density at radius 1 is 1.31 bits per heavy atom. The molecule has 0 radical (unpaired) electrons. The van der Waals surface area contributed by atoms with Crippen molar-refractivity contribution >= 4 is 0 Å². The van der Waals surface area contributed by atoms with Crippen LogP contribution in [0.3, 0.4) is 0 Å². The average Bonchev–Trinajstić information content (AvgIpc) is 2.35.